The lowest BCUT2D eigenvalue weighted by Crippen LogP contribution is -2.10. The minimum absolute atomic E-state index is 0.137. The van der Waals surface area contributed by atoms with Crippen molar-refractivity contribution < 1.29 is 13.9 Å². The van der Waals surface area contributed by atoms with E-state index in [-0.39, 0.29) is 5.82 Å². The fraction of sp³-hybridized carbons (Fsp3) is 0.136. The number of ether oxygens (including phenoxy) is 1. The van der Waals surface area contributed by atoms with Crippen LogP contribution in [-0.4, -0.2) is 27.5 Å². The van der Waals surface area contributed by atoms with Gasteiger partial charge in [0.25, 0.3) is 0 Å². The Hall–Kier alpha value is -3.74. The van der Waals surface area contributed by atoms with Crippen LogP contribution in [-0.2, 0) is 6.42 Å². The molecule has 4 aromatic rings. The van der Waals surface area contributed by atoms with Gasteiger partial charge < -0.3 is 15.5 Å². The number of fused-ring (bicyclic) bond motifs is 2. The summed E-state index contributed by atoms with van der Waals surface area (Å²) in [6.07, 6.45) is 6.77. The standard InChI is InChI=1S/C13H10N4O.C9H9FO/c14-12(18)8-1-2-11(17-7-8)9-3-5-15-13-10(9)4-6-16-13;10-8-4-1-5-9-7(8)3-2-6-11-9/h1-7H,(H2,14,18)(H,15,16);1,4-5H,2-3,6H2. The third-order valence-electron chi connectivity index (χ3n) is 4.69. The van der Waals surface area contributed by atoms with E-state index in [1.54, 1.807) is 24.4 Å². The number of rotatable bonds is 2. The summed E-state index contributed by atoms with van der Waals surface area (Å²) in [7, 11) is 0. The molecule has 0 saturated heterocycles. The van der Waals surface area contributed by atoms with Crippen LogP contribution in [0, 0.1) is 5.82 Å². The summed E-state index contributed by atoms with van der Waals surface area (Å²) in [5, 5.41) is 0.997. The van der Waals surface area contributed by atoms with Gasteiger partial charge >= 0.3 is 0 Å². The summed E-state index contributed by atoms with van der Waals surface area (Å²) in [5.41, 5.74) is 8.89. The molecule has 0 unspecified atom stereocenters. The van der Waals surface area contributed by atoms with Crippen molar-refractivity contribution in [2.45, 2.75) is 12.8 Å². The van der Waals surface area contributed by atoms with Crippen molar-refractivity contribution in [2.24, 2.45) is 5.73 Å². The zero-order chi connectivity index (χ0) is 20.2. The molecule has 4 heterocycles. The van der Waals surface area contributed by atoms with Gasteiger partial charge in [-0.05, 0) is 49.2 Å². The molecule has 5 rings (SSSR count). The smallest absolute Gasteiger partial charge is 0.250 e. The van der Waals surface area contributed by atoms with E-state index >= 15 is 0 Å². The Morgan fingerprint density at radius 2 is 2.03 bits per heavy atom. The molecular formula is C22H19FN4O2. The first-order valence-corrected chi connectivity index (χ1v) is 9.22. The highest BCUT2D eigenvalue weighted by molar-refractivity contribution is 5.94. The van der Waals surface area contributed by atoms with Gasteiger partial charge in [-0.1, -0.05) is 6.07 Å². The predicted octanol–water partition coefficient (Wildman–Crippen LogP) is 3.87. The van der Waals surface area contributed by atoms with E-state index in [4.69, 9.17) is 10.5 Å². The Balaban J connectivity index is 0.000000159. The highest BCUT2D eigenvalue weighted by Gasteiger charge is 2.13. The van der Waals surface area contributed by atoms with E-state index in [2.05, 4.69) is 15.0 Å². The second-order valence-electron chi connectivity index (χ2n) is 6.56. The van der Waals surface area contributed by atoms with Crippen LogP contribution >= 0.6 is 0 Å². The Kier molecular flexibility index (Phi) is 5.20. The maximum atomic E-state index is 13.0. The van der Waals surface area contributed by atoms with Crippen molar-refractivity contribution in [1.29, 1.82) is 0 Å². The Morgan fingerprint density at radius 3 is 2.79 bits per heavy atom. The monoisotopic (exact) mass is 390 g/mol. The molecule has 3 aromatic heterocycles. The number of nitrogens with zero attached hydrogens (tertiary/aromatic N) is 2. The summed E-state index contributed by atoms with van der Waals surface area (Å²) < 4.78 is 18.3. The highest BCUT2D eigenvalue weighted by Crippen LogP contribution is 2.26. The van der Waals surface area contributed by atoms with Gasteiger partial charge in [0.15, 0.2) is 0 Å². The average Bonchev–Trinajstić information content (AvgIpc) is 3.24. The zero-order valence-electron chi connectivity index (χ0n) is 15.6. The molecule has 0 aliphatic carbocycles. The molecule has 0 radical (unpaired) electrons. The summed E-state index contributed by atoms with van der Waals surface area (Å²) in [6.45, 7) is 0.719. The number of pyridine rings is 2. The van der Waals surface area contributed by atoms with Crippen molar-refractivity contribution in [2.75, 3.05) is 6.61 Å². The minimum Gasteiger partial charge on any atom is -0.493 e. The first-order chi connectivity index (χ1) is 14.1. The van der Waals surface area contributed by atoms with E-state index in [1.165, 1.54) is 12.3 Å². The van der Waals surface area contributed by atoms with Gasteiger partial charge in [-0.3, -0.25) is 9.78 Å². The normalized spacial score (nSPS) is 12.4. The Bertz CT molecular complexity index is 1160. The molecule has 1 amide bonds. The van der Waals surface area contributed by atoms with Crippen LogP contribution in [0.5, 0.6) is 5.75 Å². The lowest BCUT2D eigenvalue weighted by atomic mass is 10.1. The number of aromatic amines is 1. The number of carbonyl (C=O) groups excluding carboxylic acids is 1. The number of primary amides is 1. The summed E-state index contributed by atoms with van der Waals surface area (Å²) in [4.78, 5) is 22.5. The van der Waals surface area contributed by atoms with Crippen LogP contribution in [0.4, 0.5) is 4.39 Å². The third-order valence-corrected chi connectivity index (χ3v) is 4.69. The number of nitrogens with two attached hydrogens (primary N) is 1. The number of nitrogens with one attached hydrogen (secondary N) is 1. The number of amides is 1. The number of H-pyrrole nitrogens is 1. The van der Waals surface area contributed by atoms with Crippen LogP contribution in [0.15, 0.2) is 61.1 Å². The summed E-state index contributed by atoms with van der Waals surface area (Å²) >= 11 is 0. The lowest BCUT2D eigenvalue weighted by molar-refractivity contribution is 0.1000. The van der Waals surface area contributed by atoms with Gasteiger partial charge in [0, 0.05) is 35.1 Å². The second kappa shape index (κ2) is 8.10. The first kappa shape index (κ1) is 18.6. The number of carbonyl (C=O) groups is 1. The van der Waals surface area contributed by atoms with Crippen LogP contribution < -0.4 is 10.5 Å². The van der Waals surface area contributed by atoms with E-state index in [9.17, 15) is 9.18 Å². The molecular weight excluding hydrogens is 371 g/mol. The van der Waals surface area contributed by atoms with Crippen LogP contribution in [0.2, 0.25) is 0 Å². The van der Waals surface area contributed by atoms with Crippen molar-refractivity contribution in [3.63, 3.8) is 0 Å². The van der Waals surface area contributed by atoms with Crippen molar-refractivity contribution in [3.05, 3.63) is 78.0 Å². The molecule has 3 N–H and O–H groups in total. The highest BCUT2D eigenvalue weighted by atomic mass is 19.1. The molecule has 0 atom stereocenters. The second-order valence-corrected chi connectivity index (χ2v) is 6.56. The fourth-order valence-corrected chi connectivity index (χ4v) is 3.23. The van der Waals surface area contributed by atoms with Gasteiger partial charge in [-0.15, -0.1) is 0 Å². The lowest BCUT2D eigenvalue weighted by Gasteiger charge is -2.16. The van der Waals surface area contributed by atoms with E-state index < -0.39 is 5.91 Å². The molecule has 29 heavy (non-hydrogen) atoms. The van der Waals surface area contributed by atoms with Crippen molar-refractivity contribution in [1.82, 2.24) is 15.0 Å². The Labute approximate surface area is 166 Å². The SMILES string of the molecule is Fc1cccc2c1CCCO2.NC(=O)c1ccc(-c2ccnc3[nH]ccc23)nc1. The number of benzene rings is 1. The largest absolute Gasteiger partial charge is 0.493 e. The van der Waals surface area contributed by atoms with Crippen LogP contribution in [0.25, 0.3) is 22.3 Å². The molecule has 0 fully saturated rings. The van der Waals surface area contributed by atoms with Crippen LogP contribution in [0.3, 0.4) is 0 Å². The van der Waals surface area contributed by atoms with Gasteiger partial charge in [-0.2, -0.15) is 0 Å². The topological polar surface area (TPSA) is 93.9 Å². The molecule has 1 aliphatic heterocycles. The number of hydrogen-bond acceptors (Lipinski definition) is 4. The van der Waals surface area contributed by atoms with Crippen LogP contribution in [0.1, 0.15) is 22.3 Å². The zero-order valence-corrected chi connectivity index (χ0v) is 15.6. The molecule has 6 nitrogen and oxygen atoms in total. The Morgan fingerprint density at radius 1 is 1.14 bits per heavy atom. The third kappa shape index (κ3) is 3.94. The average molecular weight is 390 g/mol. The molecule has 7 heteroatoms. The molecule has 1 aromatic carbocycles. The number of aromatic nitrogens is 3. The van der Waals surface area contributed by atoms with Gasteiger partial charge in [0.1, 0.15) is 17.2 Å². The summed E-state index contributed by atoms with van der Waals surface area (Å²) in [6, 6.07) is 12.3. The van der Waals surface area contributed by atoms with E-state index in [1.807, 2.05) is 24.4 Å². The van der Waals surface area contributed by atoms with E-state index in [0.717, 1.165) is 53.1 Å². The minimum atomic E-state index is -0.476. The maximum Gasteiger partial charge on any atom is 0.250 e. The number of hydrogen-bond donors (Lipinski definition) is 2. The molecule has 146 valence electrons. The van der Waals surface area contributed by atoms with Crippen molar-refractivity contribution in [3.8, 4) is 17.0 Å². The maximum absolute atomic E-state index is 13.0. The predicted molar refractivity (Wildman–Crippen MR) is 108 cm³/mol. The molecule has 1 aliphatic rings. The summed E-state index contributed by atoms with van der Waals surface area (Å²) in [5.74, 6) is 0.106. The van der Waals surface area contributed by atoms with Gasteiger partial charge in [-0.25, -0.2) is 9.37 Å². The molecule has 0 saturated carbocycles. The molecule has 0 bridgehead atoms. The first-order valence-electron chi connectivity index (χ1n) is 9.22. The quantitative estimate of drug-likeness (QED) is 0.543. The molecule has 0 spiro atoms. The van der Waals surface area contributed by atoms with Gasteiger partial charge in [0.2, 0.25) is 5.91 Å². The number of halogens is 1. The van der Waals surface area contributed by atoms with Crippen molar-refractivity contribution >= 4 is 16.9 Å². The van der Waals surface area contributed by atoms with Gasteiger partial charge in [0.05, 0.1) is 17.9 Å². The fourth-order valence-electron chi connectivity index (χ4n) is 3.23. The van der Waals surface area contributed by atoms with E-state index in [0.29, 0.717) is 5.56 Å².